The number of amides is 1. The van der Waals surface area contributed by atoms with E-state index in [0.717, 1.165) is 21.9 Å². The van der Waals surface area contributed by atoms with Crippen LogP contribution in [-0.2, 0) is 20.9 Å². The van der Waals surface area contributed by atoms with Crippen LogP contribution in [0.4, 0.5) is 5.69 Å². The van der Waals surface area contributed by atoms with Gasteiger partial charge in [0.1, 0.15) is 6.61 Å². The molecule has 0 unspecified atom stereocenters. The zero-order valence-corrected chi connectivity index (χ0v) is 14.1. The molecule has 3 N–H and O–H groups in total. The van der Waals surface area contributed by atoms with Gasteiger partial charge in [0.15, 0.2) is 0 Å². The van der Waals surface area contributed by atoms with Crippen LogP contribution in [-0.4, -0.2) is 23.9 Å². The fraction of sp³-hybridized carbons (Fsp3) is 0.150. The van der Waals surface area contributed by atoms with Gasteiger partial charge in [0.25, 0.3) is 6.47 Å². The van der Waals surface area contributed by atoms with Crippen molar-refractivity contribution in [2.45, 2.75) is 12.5 Å². The molecule has 26 heavy (non-hydrogen) atoms. The largest absolute Gasteiger partial charge is 0.463 e. The Bertz CT molecular complexity index is 910. The first kappa shape index (κ1) is 17.6. The fourth-order valence-corrected chi connectivity index (χ4v) is 2.76. The highest BCUT2D eigenvalue weighted by molar-refractivity contribution is 5.98. The Kier molecular flexibility index (Phi) is 5.56. The van der Waals surface area contributed by atoms with E-state index in [9.17, 15) is 9.59 Å². The van der Waals surface area contributed by atoms with Crippen LogP contribution in [0.25, 0.3) is 10.8 Å². The van der Waals surface area contributed by atoms with Crippen molar-refractivity contribution < 1.29 is 14.3 Å². The highest BCUT2D eigenvalue weighted by atomic mass is 16.5. The minimum Gasteiger partial charge on any atom is -0.463 e. The average molecular weight is 349 g/mol. The Morgan fingerprint density at radius 2 is 1.96 bits per heavy atom. The Labute approximate surface area is 151 Å². The molecule has 6 nitrogen and oxygen atoms in total. The molecule has 3 aromatic rings. The number of aromatic nitrogens is 1. The van der Waals surface area contributed by atoms with E-state index in [1.807, 2.05) is 48.5 Å². The number of nitrogens with zero attached hydrogens (tertiary/aromatic N) is 1. The van der Waals surface area contributed by atoms with Crippen LogP contribution < -0.4 is 11.1 Å². The molecule has 0 radical (unpaired) electrons. The number of pyridine rings is 1. The lowest BCUT2D eigenvalue weighted by Crippen LogP contribution is -2.27. The van der Waals surface area contributed by atoms with E-state index in [-0.39, 0.29) is 19.1 Å². The monoisotopic (exact) mass is 349 g/mol. The Morgan fingerprint density at radius 1 is 1.15 bits per heavy atom. The number of rotatable bonds is 7. The molecule has 0 spiro atoms. The molecule has 1 amide bonds. The van der Waals surface area contributed by atoms with E-state index >= 15 is 0 Å². The highest BCUT2D eigenvalue weighted by Crippen LogP contribution is 2.21. The first-order valence-corrected chi connectivity index (χ1v) is 8.20. The number of carbonyl (C=O) groups excluding carboxylic acids is 2. The molecule has 0 saturated carbocycles. The zero-order valence-electron chi connectivity index (χ0n) is 14.1. The average Bonchev–Trinajstić information content (AvgIpc) is 2.68. The van der Waals surface area contributed by atoms with Crippen molar-refractivity contribution in [1.29, 1.82) is 0 Å². The lowest BCUT2D eigenvalue weighted by molar-refractivity contribution is -0.129. The van der Waals surface area contributed by atoms with E-state index in [1.54, 1.807) is 12.4 Å². The summed E-state index contributed by atoms with van der Waals surface area (Å²) in [6, 6.07) is 14.8. The number of anilines is 1. The number of nitrogens with two attached hydrogens (primary N) is 1. The zero-order chi connectivity index (χ0) is 18.4. The lowest BCUT2D eigenvalue weighted by atomic mass is 9.97. The number of carbonyl (C=O) groups is 2. The molecule has 3 rings (SSSR count). The maximum atomic E-state index is 12.7. The van der Waals surface area contributed by atoms with Gasteiger partial charge in [0.2, 0.25) is 5.91 Å². The summed E-state index contributed by atoms with van der Waals surface area (Å²) in [4.78, 5) is 27.0. The van der Waals surface area contributed by atoms with Gasteiger partial charge in [0.05, 0.1) is 5.92 Å². The molecule has 0 bridgehead atoms. The van der Waals surface area contributed by atoms with Crippen molar-refractivity contribution in [2.24, 2.45) is 5.73 Å². The predicted octanol–water partition coefficient (Wildman–Crippen LogP) is 2.59. The number of hydrogen-bond donors (Lipinski definition) is 2. The smallest absolute Gasteiger partial charge is 0.293 e. The van der Waals surface area contributed by atoms with E-state index in [1.165, 1.54) is 0 Å². The topological polar surface area (TPSA) is 94.3 Å². The summed E-state index contributed by atoms with van der Waals surface area (Å²) in [7, 11) is 0. The van der Waals surface area contributed by atoms with E-state index in [4.69, 9.17) is 10.5 Å². The molecule has 0 aliphatic carbocycles. The highest BCUT2D eigenvalue weighted by Gasteiger charge is 2.19. The second-order valence-corrected chi connectivity index (χ2v) is 5.86. The SMILES string of the molecule is NC[C@@H](C(=O)Nc1ccc2cnccc2c1)c1ccc(COC=O)cc1. The third-order valence-corrected chi connectivity index (χ3v) is 4.16. The third-order valence-electron chi connectivity index (χ3n) is 4.16. The van der Waals surface area contributed by atoms with E-state index < -0.39 is 5.92 Å². The fourth-order valence-electron chi connectivity index (χ4n) is 2.76. The summed E-state index contributed by atoms with van der Waals surface area (Å²) >= 11 is 0. The van der Waals surface area contributed by atoms with E-state index in [2.05, 4.69) is 10.3 Å². The summed E-state index contributed by atoms with van der Waals surface area (Å²) in [5.41, 5.74) is 8.20. The third kappa shape index (κ3) is 4.04. The van der Waals surface area contributed by atoms with Crippen molar-refractivity contribution in [2.75, 3.05) is 11.9 Å². The van der Waals surface area contributed by atoms with Gasteiger partial charge in [-0.05, 0) is 34.7 Å². The minimum absolute atomic E-state index is 0.169. The Morgan fingerprint density at radius 3 is 2.69 bits per heavy atom. The maximum absolute atomic E-state index is 12.7. The minimum atomic E-state index is -0.468. The first-order valence-electron chi connectivity index (χ1n) is 8.20. The standard InChI is InChI=1S/C20H19N3O3/c21-10-19(15-3-1-14(2-4-15)12-26-13-24)20(25)23-18-6-5-17-11-22-8-7-16(17)9-18/h1-9,11,13,19H,10,12,21H2,(H,23,25)/t19-/m1/s1. The molecule has 0 aliphatic rings. The van der Waals surface area contributed by atoms with Crippen LogP contribution in [0.3, 0.4) is 0 Å². The Hall–Kier alpha value is -3.25. The second kappa shape index (κ2) is 8.22. The molecule has 1 atom stereocenters. The molecule has 2 aromatic carbocycles. The predicted molar refractivity (Wildman–Crippen MR) is 99.5 cm³/mol. The molecule has 1 heterocycles. The quantitative estimate of drug-likeness (QED) is 0.639. The molecule has 1 aromatic heterocycles. The molecule has 0 saturated heterocycles. The molecule has 0 aliphatic heterocycles. The van der Waals surface area contributed by atoms with Gasteiger partial charge in [-0.2, -0.15) is 0 Å². The molecule has 6 heteroatoms. The van der Waals surface area contributed by atoms with Gasteiger partial charge >= 0.3 is 0 Å². The number of hydrogen-bond acceptors (Lipinski definition) is 5. The van der Waals surface area contributed by atoms with Crippen molar-refractivity contribution in [3.05, 3.63) is 72.1 Å². The van der Waals surface area contributed by atoms with Crippen molar-refractivity contribution in [3.8, 4) is 0 Å². The first-order chi connectivity index (χ1) is 12.7. The van der Waals surface area contributed by atoms with Gasteiger partial charge in [-0.25, -0.2) is 0 Å². The van der Waals surface area contributed by atoms with Crippen molar-refractivity contribution in [3.63, 3.8) is 0 Å². The lowest BCUT2D eigenvalue weighted by Gasteiger charge is -2.16. The number of nitrogens with one attached hydrogen (secondary N) is 1. The van der Waals surface area contributed by atoms with Crippen LogP contribution in [0.5, 0.6) is 0 Å². The maximum Gasteiger partial charge on any atom is 0.293 e. The van der Waals surface area contributed by atoms with Crippen LogP contribution in [0.1, 0.15) is 17.0 Å². The van der Waals surface area contributed by atoms with Gasteiger partial charge < -0.3 is 15.8 Å². The van der Waals surface area contributed by atoms with Gasteiger partial charge in [-0.15, -0.1) is 0 Å². The van der Waals surface area contributed by atoms with Crippen LogP contribution in [0.15, 0.2) is 60.9 Å². The normalized spacial score (nSPS) is 11.7. The summed E-state index contributed by atoms with van der Waals surface area (Å²) in [5.74, 6) is -0.637. The summed E-state index contributed by atoms with van der Waals surface area (Å²) in [5, 5.41) is 4.93. The van der Waals surface area contributed by atoms with Gasteiger partial charge in [0, 0.05) is 30.0 Å². The van der Waals surface area contributed by atoms with Crippen LogP contribution in [0.2, 0.25) is 0 Å². The van der Waals surface area contributed by atoms with Crippen LogP contribution >= 0.6 is 0 Å². The van der Waals surface area contributed by atoms with Crippen molar-refractivity contribution in [1.82, 2.24) is 4.98 Å². The van der Waals surface area contributed by atoms with Gasteiger partial charge in [-0.3, -0.25) is 14.6 Å². The number of benzene rings is 2. The molecule has 132 valence electrons. The summed E-state index contributed by atoms with van der Waals surface area (Å²) in [6.07, 6.45) is 3.49. The van der Waals surface area contributed by atoms with Crippen molar-refractivity contribution >= 4 is 28.8 Å². The number of fused-ring (bicyclic) bond motifs is 1. The van der Waals surface area contributed by atoms with Crippen LogP contribution in [0, 0.1) is 0 Å². The molecular formula is C20H19N3O3. The van der Waals surface area contributed by atoms with E-state index in [0.29, 0.717) is 12.2 Å². The van der Waals surface area contributed by atoms with Gasteiger partial charge in [-0.1, -0.05) is 30.3 Å². The molecule has 0 fully saturated rings. The second-order valence-electron chi connectivity index (χ2n) is 5.86. The summed E-state index contributed by atoms with van der Waals surface area (Å²) in [6.45, 7) is 0.798. The number of ether oxygens (including phenoxy) is 1. The summed E-state index contributed by atoms with van der Waals surface area (Å²) < 4.78 is 4.72. The molecular weight excluding hydrogens is 330 g/mol. The Balaban J connectivity index is 1.74.